The molecule has 1 aromatic heterocycles. The number of carboxylic acid groups (broad SMARTS) is 1. The van der Waals surface area contributed by atoms with Crippen LogP contribution in [0.25, 0.3) is 0 Å². The fourth-order valence-corrected chi connectivity index (χ4v) is 1.33. The van der Waals surface area contributed by atoms with Crippen LogP contribution in [0.2, 0.25) is 0 Å². The van der Waals surface area contributed by atoms with Crippen LogP contribution in [0.4, 0.5) is 5.69 Å². The summed E-state index contributed by atoms with van der Waals surface area (Å²) in [6.07, 6.45) is 1.36. The number of aromatic nitrogens is 2. The van der Waals surface area contributed by atoms with E-state index >= 15 is 0 Å². The van der Waals surface area contributed by atoms with Crippen LogP contribution in [0.3, 0.4) is 0 Å². The number of aromatic carboxylic acids is 1. The van der Waals surface area contributed by atoms with Crippen molar-refractivity contribution in [2.45, 2.75) is 39.2 Å². The van der Waals surface area contributed by atoms with E-state index in [0.29, 0.717) is 5.82 Å². The molecule has 0 aliphatic heterocycles. The van der Waals surface area contributed by atoms with Crippen molar-refractivity contribution in [1.29, 1.82) is 0 Å². The van der Waals surface area contributed by atoms with Gasteiger partial charge in [-0.05, 0) is 13.8 Å². The Labute approximate surface area is 111 Å². The van der Waals surface area contributed by atoms with Gasteiger partial charge in [-0.15, -0.1) is 0 Å². The number of amides is 1. The molecule has 1 aromatic rings. The van der Waals surface area contributed by atoms with Crippen LogP contribution in [0.5, 0.6) is 0 Å². The second kappa shape index (κ2) is 5.21. The summed E-state index contributed by atoms with van der Waals surface area (Å²) in [4.78, 5) is 30.5. The summed E-state index contributed by atoms with van der Waals surface area (Å²) in [5, 5.41) is 11.9. The molecule has 1 heterocycles. The molecule has 0 aromatic carbocycles. The lowest BCUT2D eigenvalue weighted by molar-refractivity contribution is -0.121. The molecule has 7 nitrogen and oxygen atoms in total. The molecule has 0 radical (unpaired) electrons. The van der Waals surface area contributed by atoms with Crippen molar-refractivity contribution < 1.29 is 14.7 Å². The molecule has 0 unspecified atom stereocenters. The van der Waals surface area contributed by atoms with Gasteiger partial charge in [0.1, 0.15) is 11.4 Å². The minimum Gasteiger partial charge on any atom is -0.476 e. The van der Waals surface area contributed by atoms with Crippen molar-refractivity contribution in [2.24, 2.45) is 5.73 Å². The molecule has 0 aliphatic carbocycles. The standard InChI is InChI=1S/C12H18N4O3/c1-6(2)9-14-5-7(8(15-9)10(17)18)16-12(3,4)11(13)19/h5-6,16H,1-4H3,(H2,13,19)(H,17,18). The van der Waals surface area contributed by atoms with Gasteiger partial charge in [0.15, 0.2) is 5.69 Å². The van der Waals surface area contributed by atoms with Gasteiger partial charge in [-0.25, -0.2) is 14.8 Å². The zero-order chi connectivity index (χ0) is 14.8. The summed E-state index contributed by atoms with van der Waals surface area (Å²) in [7, 11) is 0. The van der Waals surface area contributed by atoms with Gasteiger partial charge in [-0.2, -0.15) is 0 Å². The number of carbonyl (C=O) groups excluding carboxylic acids is 1. The SMILES string of the molecule is CC(C)c1ncc(NC(C)(C)C(N)=O)c(C(=O)O)n1. The van der Waals surface area contributed by atoms with Crippen LogP contribution >= 0.6 is 0 Å². The van der Waals surface area contributed by atoms with E-state index in [4.69, 9.17) is 10.8 Å². The Kier molecular flexibility index (Phi) is 4.08. The Balaban J connectivity index is 3.21. The Morgan fingerprint density at radius 3 is 2.42 bits per heavy atom. The third kappa shape index (κ3) is 3.40. The number of carbonyl (C=O) groups is 2. The number of anilines is 1. The summed E-state index contributed by atoms with van der Waals surface area (Å²) >= 11 is 0. The number of nitrogens with one attached hydrogen (secondary N) is 1. The number of nitrogens with two attached hydrogens (primary N) is 1. The van der Waals surface area contributed by atoms with Gasteiger partial charge < -0.3 is 16.2 Å². The van der Waals surface area contributed by atoms with E-state index < -0.39 is 17.4 Å². The van der Waals surface area contributed by atoms with Crippen LogP contribution in [0, 0.1) is 0 Å². The molecule has 0 aliphatic rings. The molecule has 1 rings (SSSR count). The van der Waals surface area contributed by atoms with E-state index in [0.717, 1.165) is 0 Å². The summed E-state index contributed by atoms with van der Waals surface area (Å²) in [5.41, 5.74) is 4.14. The van der Waals surface area contributed by atoms with Crippen molar-refractivity contribution in [3.8, 4) is 0 Å². The summed E-state index contributed by atoms with van der Waals surface area (Å²) in [6.45, 7) is 6.83. The zero-order valence-electron chi connectivity index (χ0n) is 11.4. The van der Waals surface area contributed by atoms with E-state index in [-0.39, 0.29) is 17.3 Å². The summed E-state index contributed by atoms with van der Waals surface area (Å²) in [6, 6.07) is 0. The smallest absolute Gasteiger partial charge is 0.356 e. The lowest BCUT2D eigenvalue weighted by Gasteiger charge is -2.24. The third-order valence-corrected chi connectivity index (χ3v) is 2.59. The quantitative estimate of drug-likeness (QED) is 0.730. The molecule has 4 N–H and O–H groups in total. The largest absolute Gasteiger partial charge is 0.476 e. The molecule has 7 heteroatoms. The van der Waals surface area contributed by atoms with Gasteiger partial charge in [0.2, 0.25) is 5.91 Å². The van der Waals surface area contributed by atoms with Crippen LogP contribution < -0.4 is 11.1 Å². The molecular weight excluding hydrogens is 248 g/mol. The molecule has 1 amide bonds. The van der Waals surface area contributed by atoms with E-state index in [1.54, 1.807) is 13.8 Å². The topological polar surface area (TPSA) is 118 Å². The number of carboxylic acids is 1. The molecule has 0 bridgehead atoms. The Bertz CT molecular complexity index is 512. The maximum absolute atomic E-state index is 11.3. The van der Waals surface area contributed by atoms with Crippen LogP contribution in [-0.4, -0.2) is 32.5 Å². The number of primary amides is 1. The molecule has 0 spiro atoms. The molecule has 19 heavy (non-hydrogen) atoms. The minimum absolute atomic E-state index is 0.0105. The molecule has 0 saturated heterocycles. The molecule has 0 saturated carbocycles. The van der Waals surface area contributed by atoms with E-state index in [1.165, 1.54) is 6.20 Å². The normalized spacial score (nSPS) is 11.4. The number of rotatable bonds is 5. The highest BCUT2D eigenvalue weighted by Gasteiger charge is 2.27. The van der Waals surface area contributed by atoms with Crippen LogP contribution in [0.15, 0.2) is 6.20 Å². The van der Waals surface area contributed by atoms with Gasteiger partial charge in [0, 0.05) is 5.92 Å². The van der Waals surface area contributed by atoms with E-state index in [9.17, 15) is 9.59 Å². The van der Waals surface area contributed by atoms with Gasteiger partial charge in [0.25, 0.3) is 0 Å². The van der Waals surface area contributed by atoms with Crippen molar-refractivity contribution in [3.63, 3.8) is 0 Å². The van der Waals surface area contributed by atoms with Gasteiger partial charge in [-0.1, -0.05) is 13.8 Å². The number of hydrogen-bond donors (Lipinski definition) is 3. The maximum atomic E-state index is 11.3. The Morgan fingerprint density at radius 2 is 2.00 bits per heavy atom. The van der Waals surface area contributed by atoms with Gasteiger partial charge >= 0.3 is 5.97 Å². The highest BCUT2D eigenvalue weighted by Crippen LogP contribution is 2.20. The van der Waals surface area contributed by atoms with E-state index in [2.05, 4.69) is 15.3 Å². The predicted molar refractivity (Wildman–Crippen MR) is 70.0 cm³/mol. The summed E-state index contributed by atoms with van der Waals surface area (Å²) < 4.78 is 0. The lowest BCUT2D eigenvalue weighted by Crippen LogP contribution is -2.45. The minimum atomic E-state index is -1.19. The van der Waals surface area contributed by atoms with Gasteiger partial charge in [0.05, 0.1) is 11.9 Å². The first kappa shape index (κ1) is 14.9. The summed E-state index contributed by atoms with van der Waals surface area (Å²) in [5.74, 6) is -1.35. The van der Waals surface area contributed by atoms with Crippen molar-refractivity contribution >= 4 is 17.6 Å². The predicted octanol–water partition coefficient (Wildman–Crippen LogP) is 0.974. The first-order chi connectivity index (χ1) is 8.65. The average molecular weight is 266 g/mol. The molecule has 104 valence electrons. The van der Waals surface area contributed by atoms with Crippen molar-refractivity contribution in [3.05, 3.63) is 17.7 Å². The Hall–Kier alpha value is -2.18. The second-order valence-corrected chi connectivity index (χ2v) is 5.06. The van der Waals surface area contributed by atoms with Crippen LogP contribution in [0.1, 0.15) is 49.9 Å². The monoisotopic (exact) mass is 266 g/mol. The maximum Gasteiger partial charge on any atom is 0.356 e. The van der Waals surface area contributed by atoms with Gasteiger partial charge in [-0.3, -0.25) is 4.79 Å². The first-order valence-electron chi connectivity index (χ1n) is 5.83. The Morgan fingerprint density at radius 1 is 1.42 bits per heavy atom. The zero-order valence-corrected chi connectivity index (χ0v) is 11.4. The average Bonchev–Trinajstić information content (AvgIpc) is 2.28. The lowest BCUT2D eigenvalue weighted by atomic mass is 10.0. The fourth-order valence-electron chi connectivity index (χ4n) is 1.33. The molecule has 0 atom stereocenters. The molecular formula is C12H18N4O3. The first-order valence-corrected chi connectivity index (χ1v) is 5.83. The second-order valence-electron chi connectivity index (χ2n) is 5.06. The van der Waals surface area contributed by atoms with E-state index in [1.807, 2.05) is 13.8 Å². The highest BCUT2D eigenvalue weighted by atomic mass is 16.4. The fraction of sp³-hybridized carbons (Fsp3) is 0.500. The number of nitrogens with zero attached hydrogens (tertiary/aromatic N) is 2. The van der Waals surface area contributed by atoms with Crippen molar-refractivity contribution in [2.75, 3.05) is 5.32 Å². The van der Waals surface area contributed by atoms with Crippen LogP contribution in [-0.2, 0) is 4.79 Å². The highest BCUT2D eigenvalue weighted by molar-refractivity contribution is 5.94. The third-order valence-electron chi connectivity index (χ3n) is 2.59. The van der Waals surface area contributed by atoms with Crippen molar-refractivity contribution in [1.82, 2.24) is 9.97 Å². The number of hydrogen-bond acceptors (Lipinski definition) is 5. The molecule has 0 fully saturated rings.